The van der Waals surface area contributed by atoms with E-state index < -0.39 is 5.82 Å². The summed E-state index contributed by atoms with van der Waals surface area (Å²) in [4.78, 5) is 3.07. The number of H-pyrrole nitrogens is 1. The van der Waals surface area contributed by atoms with Crippen LogP contribution in [-0.2, 0) is 6.54 Å². The van der Waals surface area contributed by atoms with Gasteiger partial charge in [0.15, 0.2) is 4.77 Å². The van der Waals surface area contributed by atoms with Crippen LogP contribution < -0.4 is 0 Å². The summed E-state index contributed by atoms with van der Waals surface area (Å²) in [7, 11) is 0. The van der Waals surface area contributed by atoms with E-state index in [1.807, 2.05) is 0 Å². The summed E-state index contributed by atoms with van der Waals surface area (Å²) < 4.78 is 16.2. The maximum Gasteiger partial charge on any atom is 0.178 e. The standard InChI is InChI=1S/C14H16ClFN2S/c1-2-3-14(4-5-14)8-18-12-6-9(15)10(16)7-11(12)17-13(18)19/h6-7H,2-5,8H2,1H3,(H,17,19). The molecule has 1 fully saturated rings. The maximum atomic E-state index is 13.5. The van der Waals surface area contributed by atoms with Crippen LogP contribution in [0.3, 0.4) is 0 Å². The van der Waals surface area contributed by atoms with E-state index in [2.05, 4.69) is 16.5 Å². The summed E-state index contributed by atoms with van der Waals surface area (Å²) >= 11 is 11.2. The minimum Gasteiger partial charge on any atom is -0.330 e. The molecule has 0 amide bonds. The zero-order valence-electron chi connectivity index (χ0n) is 10.8. The Bertz CT molecular complexity index is 685. The molecule has 0 radical (unpaired) electrons. The van der Waals surface area contributed by atoms with E-state index in [1.54, 1.807) is 6.07 Å². The lowest BCUT2D eigenvalue weighted by Crippen LogP contribution is -2.11. The van der Waals surface area contributed by atoms with Gasteiger partial charge in [-0.25, -0.2) is 4.39 Å². The van der Waals surface area contributed by atoms with Crippen LogP contribution >= 0.6 is 23.8 Å². The average Bonchev–Trinajstić information content (AvgIpc) is 3.05. The molecule has 2 aromatic rings. The van der Waals surface area contributed by atoms with Crippen LogP contribution in [0.5, 0.6) is 0 Å². The van der Waals surface area contributed by atoms with E-state index >= 15 is 0 Å². The number of halogens is 2. The van der Waals surface area contributed by atoms with E-state index in [0.29, 0.717) is 10.2 Å². The molecule has 0 atom stereocenters. The van der Waals surface area contributed by atoms with Gasteiger partial charge in [-0.2, -0.15) is 0 Å². The molecule has 1 saturated carbocycles. The van der Waals surface area contributed by atoms with Crippen molar-refractivity contribution in [3.05, 3.63) is 27.7 Å². The van der Waals surface area contributed by atoms with E-state index in [0.717, 1.165) is 17.6 Å². The number of aromatic amines is 1. The molecule has 0 unspecified atom stereocenters. The van der Waals surface area contributed by atoms with Crippen molar-refractivity contribution < 1.29 is 4.39 Å². The summed E-state index contributed by atoms with van der Waals surface area (Å²) in [6.45, 7) is 3.11. The van der Waals surface area contributed by atoms with Crippen LogP contribution in [0.15, 0.2) is 12.1 Å². The second kappa shape index (κ2) is 4.60. The van der Waals surface area contributed by atoms with Gasteiger partial charge in [-0.3, -0.25) is 0 Å². The molecule has 3 rings (SSSR count). The molecular formula is C14H16ClFN2S. The van der Waals surface area contributed by atoms with Gasteiger partial charge in [0.2, 0.25) is 0 Å². The van der Waals surface area contributed by atoms with Gasteiger partial charge in [0.25, 0.3) is 0 Å². The number of aromatic nitrogens is 2. The number of nitrogens with zero attached hydrogens (tertiary/aromatic N) is 1. The summed E-state index contributed by atoms with van der Waals surface area (Å²) in [5, 5.41) is 0.149. The zero-order chi connectivity index (χ0) is 13.6. The second-order valence-corrected chi connectivity index (χ2v) is 6.34. The highest BCUT2D eigenvalue weighted by molar-refractivity contribution is 7.71. The number of rotatable bonds is 4. The molecule has 102 valence electrons. The maximum absolute atomic E-state index is 13.5. The third kappa shape index (κ3) is 2.32. The van der Waals surface area contributed by atoms with Gasteiger partial charge in [-0.1, -0.05) is 24.9 Å². The van der Waals surface area contributed by atoms with Crippen molar-refractivity contribution in [2.24, 2.45) is 5.41 Å². The summed E-state index contributed by atoms with van der Waals surface area (Å²) in [6, 6.07) is 3.09. The number of nitrogens with one attached hydrogen (secondary N) is 1. The molecule has 19 heavy (non-hydrogen) atoms. The topological polar surface area (TPSA) is 20.7 Å². The Morgan fingerprint density at radius 3 is 2.84 bits per heavy atom. The molecule has 2 nitrogen and oxygen atoms in total. The number of benzene rings is 1. The van der Waals surface area contributed by atoms with Gasteiger partial charge in [-0.15, -0.1) is 0 Å². The Labute approximate surface area is 121 Å². The quantitative estimate of drug-likeness (QED) is 0.781. The van der Waals surface area contributed by atoms with Crippen molar-refractivity contribution in [1.29, 1.82) is 0 Å². The van der Waals surface area contributed by atoms with Gasteiger partial charge in [0, 0.05) is 12.6 Å². The minimum absolute atomic E-state index is 0.149. The third-order valence-electron chi connectivity index (χ3n) is 4.05. The molecule has 1 aromatic carbocycles. The van der Waals surface area contributed by atoms with Crippen LogP contribution in [0, 0.1) is 16.0 Å². The monoisotopic (exact) mass is 298 g/mol. The highest BCUT2D eigenvalue weighted by atomic mass is 35.5. The van der Waals surface area contributed by atoms with Crippen molar-refractivity contribution >= 4 is 34.9 Å². The van der Waals surface area contributed by atoms with Crippen LogP contribution in [0.4, 0.5) is 4.39 Å². The Morgan fingerprint density at radius 1 is 1.47 bits per heavy atom. The van der Waals surface area contributed by atoms with Crippen molar-refractivity contribution in [3.8, 4) is 0 Å². The molecular weight excluding hydrogens is 283 g/mol. The van der Waals surface area contributed by atoms with Crippen molar-refractivity contribution in [1.82, 2.24) is 9.55 Å². The molecule has 0 spiro atoms. The normalized spacial score (nSPS) is 17.0. The third-order valence-corrected chi connectivity index (χ3v) is 4.66. The van der Waals surface area contributed by atoms with E-state index in [9.17, 15) is 4.39 Å². The molecule has 5 heteroatoms. The second-order valence-electron chi connectivity index (χ2n) is 5.55. The SMILES string of the molecule is CCCC1(Cn2c(=S)[nH]c3cc(F)c(Cl)cc32)CC1. The number of imidazole rings is 1. The number of fused-ring (bicyclic) bond motifs is 1. The van der Waals surface area contributed by atoms with Gasteiger partial charge in [-0.05, 0) is 43.0 Å². The fourth-order valence-electron chi connectivity index (χ4n) is 2.84. The Morgan fingerprint density at radius 2 is 2.21 bits per heavy atom. The largest absolute Gasteiger partial charge is 0.330 e. The van der Waals surface area contributed by atoms with Crippen molar-refractivity contribution in [2.45, 2.75) is 39.2 Å². The molecule has 1 aliphatic carbocycles. The predicted octanol–water partition coefficient (Wildman–Crippen LogP) is 5.07. The fraction of sp³-hybridized carbons (Fsp3) is 0.500. The lowest BCUT2D eigenvalue weighted by Gasteiger charge is -2.15. The predicted molar refractivity (Wildman–Crippen MR) is 78.7 cm³/mol. The number of hydrogen-bond donors (Lipinski definition) is 1. The smallest absolute Gasteiger partial charge is 0.178 e. The zero-order valence-corrected chi connectivity index (χ0v) is 12.4. The van der Waals surface area contributed by atoms with Crippen LogP contribution in [0.1, 0.15) is 32.6 Å². The van der Waals surface area contributed by atoms with Crippen LogP contribution in [-0.4, -0.2) is 9.55 Å². The van der Waals surface area contributed by atoms with Crippen LogP contribution in [0.25, 0.3) is 11.0 Å². The lowest BCUT2D eigenvalue weighted by atomic mass is 10.0. The van der Waals surface area contributed by atoms with E-state index in [1.165, 1.54) is 31.7 Å². The van der Waals surface area contributed by atoms with Crippen molar-refractivity contribution in [3.63, 3.8) is 0 Å². The molecule has 0 aliphatic heterocycles. The first-order chi connectivity index (χ1) is 9.04. The molecule has 1 heterocycles. The van der Waals surface area contributed by atoms with E-state index in [4.69, 9.17) is 23.8 Å². The van der Waals surface area contributed by atoms with Gasteiger partial charge < -0.3 is 9.55 Å². The minimum atomic E-state index is -0.410. The molecule has 1 N–H and O–H groups in total. The fourth-order valence-corrected chi connectivity index (χ4v) is 3.27. The first-order valence-electron chi connectivity index (χ1n) is 6.62. The lowest BCUT2D eigenvalue weighted by molar-refractivity contribution is 0.391. The molecule has 0 bridgehead atoms. The highest BCUT2D eigenvalue weighted by Gasteiger charge is 2.42. The van der Waals surface area contributed by atoms with Gasteiger partial charge in [0.1, 0.15) is 5.82 Å². The summed E-state index contributed by atoms with van der Waals surface area (Å²) in [6.07, 6.45) is 4.91. The molecule has 0 saturated heterocycles. The Kier molecular flexibility index (Phi) is 3.18. The summed E-state index contributed by atoms with van der Waals surface area (Å²) in [5.41, 5.74) is 2.01. The first-order valence-corrected chi connectivity index (χ1v) is 7.41. The Balaban J connectivity index is 2.06. The first kappa shape index (κ1) is 13.1. The summed E-state index contributed by atoms with van der Waals surface area (Å²) in [5.74, 6) is -0.410. The highest BCUT2D eigenvalue weighted by Crippen LogP contribution is 2.51. The number of hydrogen-bond acceptors (Lipinski definition) is 1. The van der Waals surface area contributed by atoms with Gasteiger partial charge in [0.05, 0.1) is 16.1 Å². The van der Waals surface area contributed by atoms with Gasteiger partial charge >= 0.3 is 0 Å². The molecule has 1 aliphatic rings. The van der Waals surface area contributed by atoms with Crippen molar-refractivity contribution in [2.75, 3.05) is 0 Å². The van der Waals surface area contributed by atoms with Crippen LogP contribution in [0.2, 0.25) is 5.02 Å². The average molecular weight is 299 g/mol. The molecule has 1 aromatic heterocycles. The Hall–Kier alpha value is -0.870. The van der Waals surface area contributed by atoms with E-state index in [-0.39, 0.29) is 5.02 Å².